The molecule has 0 saturated carbocycles. The Balaban J connectivity index is 2.18. The molecule has 90 valence electrons. The van der Waals surface area contributed by atoms with Crippen LogP contribution in [0.3, 0.4) is 0 Å². The van der Waals surface area contributed by atoms with Crippen LogP contribution in [-0.4, -0.2) is 25.0 Å². The van der Waals surface area contributed by atoms with Gasteiger partial charge in [0.25, 0.3) is 0 Å². The fourth-order valence-corrected chi connectivity index (χ4v) is 1.43. The number of hydrogen-bond donors (Lipinski definition) is 2. The number of carbonyl (C=O) groups is 2. The van der Waals surface area contributed by atoms with Gasteiger partial charge < -0.3 is 20.5 Å². The molecule has 0 atom stereocenters. The Labute approximate surface area is 97.7 Å². The molecule has 0 aromatic heterocycles. The number of nitrogens with two attached hydrogens (primary N) is 1. The lowest BCUT2D eigenvalue weighted by atomic mass is 10.2. The van der Waals surface area contributed by atoms with Crippen LogP contribution in [0.1, 0.15) is 6.42 Å². The van der Waals surface area contributed by atoms with Gasteiger partial charge in [-0.2, -0.15) is 0 Å². The van der Waals surface area contributed by atoms with Gasteiger partial charge in [0.15, 0.2) is 11.5 Å². The van der Waals surface area contributed by atoms with E-state index in [0.717, 1.165) is 6.42 Å². The minimum absolute atomic E-state index is 0.443. The quantitative estimate of drug-likeness (QED) is 0.685. The molecule has 1 aromatic rings. The van der Waals surface area contributed by atoms with Crippen LogP contribution < -0.4 is 20.5 Å². The SMILES string of the molecule is NC(=O)C(=O)Nc1ccc2c(c1)OCCCO2. The average molecular weight is 236 g/mol. The van der Waals surface area contributed by atoms with Gasteiger partial charge in [0.1, 0.15) is 0 Å². The van der Waals surface area contributed by atoms with E-state index in [0.29, 0.717) is 30.4 Å². The molecule has 17 heavy (non-hydrogen) atoms. The minimum atomic E-state index is -1.03. The molecule has 1 heterocycles. The molecule has 0 saturated heterocycles. The first-order valence-corrected chi connectivity index (χ1v) is 5.17. The summed E-state index contributed by atoms with van der Waals surface area (Å²) in [6.07, 6.45) is 0.803. The summed E-state index contributed by atoms with van der Waals surface area (Å²) >= 11 is 0. The van der Waals surface area contributed by atoms with Crippen LogP contribution in [0.25, 0.3) is 0 Å². The van der Waals surface area contributed by atoms with Crippen LogP contribution >= 0.6 is 0 Å². The molecular formula is C11H12N2O4. The summed E-state index contributed by atoms with van der Waals surface area (Å²) in [5.74, 6) is -0.721. The first-order chi connectivity index (χ1) is 8.16. The highest BCUT2D eigenvalue weighted by Gasteiger charge is 2.13. The van der Waals surface area contributed by atoms with E-state index in [2.05, 4.69) is 5.32 Å². The Bertz CT molecular complexity index is 459. The molecule has 0 aliphatic carbocycles. The fourth-order valence-electron chi connectivity index (χ4n) is 1.43. The summed E-state index contributed by atoms with van der Waals surface area (Å²) in [5, 5.41) is 2.36. The van der Waals surface area contributed by atoms with Crippen molar-refractivity contribution in [1.82, 2.24) is 0 Å². The van der Waals surface area contributed by atoms with E-state index >= 15 is 0 Å². The summed E-state index contributed by atoms with van der Waals surface area (Å²) in [6.45, 7) is 1.15. The maximum Gasteiger partial charge on any atom is 0.313 e. The summed E-state index contributed by atoms with van der Waals surface area (Å²) in [7, 11) is 0. The number of anilines is 1. The number of fused-ring (bicyclic) bond motifs is 1. The van der Waals surface area contributed by atoms with E-state index < -0.39 is 11.8 Å². The van der Waals surface area contributed by atoms with E-state index in [-0.39, 0.29) is 0 Å². The number of ether oxygens (including phenoxy) is 2. The highest BCUT2D eigenvalue weighted by molar-refractivity contribution is 6.39. The number of amides is 2. The second kappa shape index (κ2) is 4.73. The van der Waals surface area contributed by atoms with Gasteiger partial charge in [-0.05, 0) is 12.1 Å². The zero-order valence-electron chi connectivity index (χ0n) is 9.06. The first kappa shape index (κ1) is 11.3. The van der Waals surface area contributed by atoms with E-state index in [1.807, 2.05) is 0 Å². The lowest BCUT2D eigenvalue weighted by Gasteiger charge is -2.09. The monoisotopic (exact) mass is 236 g/mol. The number of carbonyl (C=O) groups excluding carboxylic acids is 2. The summed E-state index contributed by atoms with van der Waals surface area (Å²) < 4.78 is 10.9. The third-order valence-electron chi connectivity index (χ3n) is 2.23. The Morgan fingerprint density at radius 3 is 2.59 bits per heavy atom. The molecule has 2 rings (SSSR count). The zero-order chi connectivity index (χ0) is 12.3. The summed E-state index contributed by atoms with van der Waals surface area (Å²) in [6, 6.07) is 4.90. The van der Waals surface area contributed by atoms with E-state index in [1.54, 1.807) is 18.2 Å². The van der Waals surface area contributed by atoms with Crippen LogP contribution in [0.4, 0.5) is 5.69 Å². The molecule has 6 heteroatoms. The average Bonchev–Trinajstić information content (AvgIpc) is 2.53. The predicted octanol–water partition coefficient (Wildman–Crippen LogP) is 0.272. The normalized spacial score (nSPS) is 13.6. The molecule has 1 aliphatic heterocycles. The zero-order valence-corrected chi connectivity index (χ0v) is 9.06. The van der Waals surface area contributed by atoms with Gasteiger partial charge in [-0.25, -0.2) is 0 Å². The number of nitrogens with one attached hydrogen (secondary N) is 1. The van der Waals surface area contributed by atoms with Crippen molar-refractivity contribution < 1.29 is 19.1 Å². The van der Waals surface area contributed by atoms with Crippen molar-refractivity contribution in [3.05, 3.63) is 18.2 Å². The molecule has 0 bridgehead atoms. The molecule has 0 radical (unpaired) electrons. The number of benzene rings is 1. The Morgan fingerprint density at radius 1 is 1.18 bits per heavy atom. The van der Waals surface area contributed by atoms with Crippen LogP contribution in [0.15, 0.2) is 18.2 Å². The van der Waals surface area contributed by atoms with Crippen molar-refractivity contribution in [2.24, 2.45) is 5.73 Å². The smallest absolute Gasteiger partial charge is 0.313 e. The molecule has 2 amide bonds. The van der Waals surface area contributed by atoms with Crippen molar-refractivity contribution in [2.45, 2.75) is 6.42 Å². The molecule has 3 N–H and O–H groups in total. The molecule has 1 aromatic carbocycles. The molecule has 0 fully saturated rings. The topological polar surface area (TPSA) is 90.7 Å². The van der Waals surface area contributed by atoms with Crippen LogP contribution in [0, 0.1) is 0 Å². The summed E-state index contributed by atoms with van der Waals surface area (Å²) in [4.78, 5) is 21.7. The number of primary amides is 1. The van der Waals surface area contributed by atoms with Crippen molar-refractivity contribution in [3.63, 3.8) is 0 Å². The van der Waals surface area contributed by atoms with Crippen LogP contribution in [-0.2, 0) is 9.59 Å². The van der Waals surface area contributed by atoms with E-state index in [9.17, 15) is 9.59 Å². The molecule has 6 nitrogen and oxygen atoms in total. The maximum absolute atomic E-state index is 11.1. The van der Waals surface area contributed by atoms with Gasteiger partial charge in [0, 0.05) is 18.2 Å². The number of hydrogen-bond acceptors (Lipinski definition) is 4. The third-order valence-corrected chi connectivity index (χ3v) is 2.23. The fraction of sp³-hybridized carbons (Fsp3) is 0.273. The Hall–Kier alpha value is -2.24. The van der Waals surface area contributed by atoms with Gasteiger partial charge in [-0.15, -0.1) is 0 Å². The molecule has 0 unspecified atom stereocenters. The predicted molar refractivity (Wildman–Crippen MR) is 59.9 cm³/mol. The van der Waals surface area contributed by atoms with E-state index in [1.165, 1.54) is 0 Å². The van der Waals surface area contributed by atoms with Gasteiger partial charge >= 0.3 is 11.8 Å². The van der Waals surface area contributed by atoms with Crippen molar-refractivity contribution in [3.8, 4) is 11.5 Å². The summed E-state index contributed by atoms with van der Waals surface area (Å²) in [5.41, 5.74) is 5.28. The maximum atomic E-state index is 11.1. The van der Waals surface area contributed by atoms with Crippen LogP contribution in [0.5, 0.6) is 11.5 Å². The molecular weight excluding hydrogens is 224 g/mol. The highest BCUT2D eigenvalue weighted by Crippen LogP contribution is 2.32. The second-order valence-corrected chi connectivity index (χ2v) is 3.53. The van der Waals surface area contributed by atoms with Gasteiger partial charge in [0.05, 0.1) is 13.2 Å². The van der Waals surface area contributed by atoms with Gasteiger partial charge in [0.2, 0.25) is 0 Å². The second-order valence-electron chi connectivity index (χ2n) is 3.53. The highest BCUT2D eigenvalue weighted by atomic mass is 16.5. The third kappa shape index (κ3) is 2.66. The van der Waals surface area contributed by atoms with Gasteiger partial charge in [-0.3, -0.25) is 9.59 Å². The number of rotatable bonds is 1. The lowest BCUT2D eigenvalue weighted by molar-refractivity contribution is -0.134. The standard InChI is InChI=1S/C11H12N2O4/c12-10(14)11(15)13-7-2-3-8-9(6-7)17-5-1-4-16-8/h2-3,6H,1,4-5H2,(H2,12,14)(H,13,15). The van der Waals surface area contributed by atoms with Crippen molar-refractivity contribution in [1.29, 1.82) is 0 Å². The van der Waals surface area contributed by atoms with Crippen molar-refractivity contribution in [2.75, 3.05) is 18.5 Å². The minimum Gasteiger partial charge on any atom is -0.490 e. The Morgan fingerprint density at radius 2 is 1.88 bits per heavy atom. The van der Waals surface area contributed by atoms with Crippen molar-refractivity contribution >= 4 is 17.5 Å². The molecule has 1 aliphatic rings. The Kier molecular flexibility index (Phi) is 3.13. The molecule has 0 spiro atoms. The van der Waals surface area contributed by atoms with Gasteiger partial charge in [-0.1, -0.05) is 0 Å². The van der Waals surface area contributed by atoms with Crippen LogP contribution in [0.2, 0.25) is 0 Å². The first-order valence-electron chi connectivity index (χ1n) is 5.17. The lowest BCUT2D eigenvalue weighted by Crippen LogP contribution is -2.29. The van der Waals surface area contributed by atoms with E-state index in [4.69, 9.17) is 15.2 Å². The largest absolute Gasteiger partial charge is 0.490 e.